The zero-order valence-electron chi connectivity index (χ0n) is 20.8. The first-order valence-corrected chi connectivity index (χ1v) is 12.6. The van der Waals surface area contributed by atoms with E-state index < -0.39 is 0 Å². The van der Waals surface area contributed by atoms with E-state index in [9.17, 15) is 9.59 Å². The molecule has 2 unspecified atom stereocenters. The van der Waals surface area contributed by atoms with Gasteiger partial charge in [0.2, 0.25) is 0 Å². The first kappa shape index (κ1) is 26.2. The number of carbonyl (C=O) groups is 2. The van der Waals surface area contributed by atoms with Gasteiger partial charge in [-0.05, 0) is 57.6 Å². The lowest BCUT2D eigenvalue weighted by atomic mass is 9.95. The van der Waals surface area contributed by atoms with Crippen LogP contribution in [0.15, 0.2) is 22.6 Å². The highest BCUT2D eigenvalue weighted by Gasteiger charge is 2.37. The van der Waals surface area contributed by atoms with Gasteiger partial charge in [0, 0.05) is 49.7 Å². The van der Waals surface area contributed by atoms with E-state index in [2.05, 4.69) is 17.9 Å². The van der Waals surface area contributed by atoms with E-state index in [-0.39, 0.29) is 36.0 Å². The Kier molecular flexibility index (Phi) is 10.4. The smallest absolute Gasteiger partial charge is 0.305 e. The molecule has 6 nitrogen and oxygen atoms in total. The lowest BCUT2D eigenvalue weighted by molar-refractivity contribution is -0.188. The van der Waals surface area contributed by atoms with Crippen LogP contribution in [0.1, 0.15) is 88.2 Å². The number of allylic oxidation sites excluding steroid dienone is 1. The molecule has 1 aliphatic carbocycles. The molecule has 2 aliphatic rings. The molecule has 0 spiro atoms. The van der Waals surface area contributed by atoms with Gasteiger partial charge in [-0.2, -0.15) is 0 Å². The van der Waals surface area contributed by atoms with Crippen molar-refractivity contribution in [3.05, 3.63) is 35.3 Å². The number of ether oxygens (including phenoxy) is 3. The van der Waals surface area contributed by atoms with Gasteiger partial charge in [0.1, 0.15) is 11.5 Å². The van der Waals surface area contributed by atoms with Gasteiger partial charge in [0.05, 0.1) is 13.2 Å². The number of hydrogen-bond acceptors (Lipinski definition) is 6. The molecule has 34 heavy (non-hydrogen) atoms. The largest absolute Gasteiger partial charge is 0.469 e. The second kappa shape index (κ2) is 13.5. The number of hydrogen-bond donors (Lipinski definition) is 0. The van der Waals surface area contributed by atoms with Crippen LogP contribution in [0.3, 0.4) is 0 Å². The molecule has 186 valence electrons. The molecule has 1 aromatic rings. The van der Waals surface area contributed by atoms with Crippen LogP contribution in [-0.4, -0.2) is 37.9 Å². The Bertz CT molecular complexity index is 896. The number of furan rings is 1. The highest BCUT2D eigenvalue weighted by Crippen LogP contribution is 2.40. The number of carbonyl (C=O) groups excluding carboxylic acids is 2. The SMILES string of the molecule is CC#CCCC(C)C(=O)C=C[C@@H]1c2cc(CCCCC(=O)OC)oc2C[C@H]1OC1CCCCO1. The number of rotatable bonds is 12. The summed E-state index contributed by atoms with van der Waals surface area (Å²) >= 11 is 0. The van der Waals surface area contributed by atoms with Crippen molar-refractivity contribution in [3.63, 3.8) is 0 Å². The van der Waals surface area contributed by atoms with Gasteiger partial charge in [0.25, 0.3) is 0 Å². The van der Waals surface area contributed by atoms with Crippen molar-refractivity contribution in [1.29, 1.82) is 0 Å². The number of ketones is 1. The van der Waals surface area contributed by atoms with Crippen molar-refractivity contribution in [2.24, 2.45) is 5.92 Å². The molecule has 1 fully saturated rings. The zero-order valence-corrected chi connectivity index (χ0v) is 20.8. The maximum Gasteiger partial charge on any atom is 0.305 e. The normalized spacial score (nSPS) is 22.7. The molecule has 1 aliphatic heterocycles. The fraction of sp³-hybridized carbons (Fsp3) is 0.643. The molecule has 3 rings (SSSR count). The quantitative estimate of drug-likeness (QED) is 0.179. The van der Waals surface area contributed by atoms with Gasteiger partial charge in [-0.3, -0.25) is 9.59 Å². The van der Waals surface area contributed by atoms with Crippen LogP contribution in [0, 0.1) is 17.8 Å². The summed E-state index contributed by atoms with van der Waals surface area (Å²) in [6, 6.07) is 2.10. The molecule has 0 radical (unpaired) electrons. The summed E-state index contributed by atoms with van der Waals surface area (Å²) in [4.78, 5) is 24.0. The van der Waals surface area contributed by atoms with Crippen molar-refractivity contribution in [2.75, 3.05) is 13.7 Å². The minimum atomic E-state index is -0.196. The third-order valence-electron chi connectivity index (χ3n) is 6.62. The summed E-state index contributed by atoms with van der Waals surface area (Å²) in [7, 11) is 1.41. The number of esters is 1. The summed E-state index contributed by atoms with van der Waals surface area (Å²) in [5.41, 5.74) is 1.09. The van der Waals surface area contributed by atoms with E-state index in [1.54, 1.807) is 6.08 Å². The van der Waals surface area contributed by atoms with Crippen molar-refractivity contribution in [2.45, 2.75) is 96.4 Å². The average Bonchev–Trinajstić information content (AvgIpc) is 3.37. The van der Waals surface area contributed by atoms with Crippen LogP contribution in [-0.2, 0) is 36.6 Å². The van der Waals surface area contributed by atoms with Crippen LogP contribution in [0.25, 0.3) is 0 Å². The lowest BCUT2D eigenvalue weighted by Gasteiger charge is -2.28. The van der Waals surface area contributed by atoms with Crippen molar-refractivity contribution in [1.82, 2.24) is 0 Å². The van der Waals surface area contributed by atoms with Crippen molar-refractivity contribution in [3.8, 4) is 11.8 Å². The molecule has 6 heteroatoms. The number of fused-ring (bicyclic) bond motifs is 1. The predicted octanol–water partition coefficient (Wildman–Crippen LogP) is 5.28. The van der Waals surface area contributed by atoms with E-state index in [4.69, 9.17) is 18.6 Å². The predicted molar refractivity (Wildman–Crippen MR) is 129 cm³/mol. The molecule has 4 atom stereocenters. The van der Waals surface area contributed by atoms with Gasteiger partial charge < -0.3 is 18.6 Å². The minimum Gasteiger partial charge on any atom is -0.469 e. The fourth-order valence-corrected chi connectivity index (χ4v) is 4.54. The highest BCUT2D eigenvalue weighted by molar-refractivity contribution is 5.91. The third-order valence-corrected chi connectivity index (χ3v) is 6.62. The van der Waals surface area contributed by atoms with Gasteiger partial charge in [-0.15, -0.1) is 11.8 Å². The van der Waals surface area contributed by atoms with Crippen molar-refractivity contribution >= 4 is 11.8 Å². The van der Waals surface area contributed by atoms with E-state index >= 15 is 0 Å². The van der Waals surface area contributed by atoms with Crippen LogP contribution in [0.4, 0.5) is 0 Å². The van der Waals surface area contributed by atoms with Crippen LogP contribution < -0.4 is 0 Å². The molecule has 1 aromatic heterocycles. The average molecular weight is 471 g/mol. The molecule has 0 aromatic carbocycles. The zero-order chi connectivity index (χ0) is 24.3. The van der Waals surface area contributed by atoms with Gasteiger partial charge >= 0.3 is 5.97 Å². The molecule has 1 saturated heterocycles. The molecule has 0 amide bonds. The van der Waals surface area contributed by atoms with Crippen LogP contribution >= 0.6 is 0 Å². The van der Waals surface area contributed by atoms with Crippen LogP contribution in [0.2, 0.25) is 0 Å². The first-order chi connectivity index (χ1) is 16.5. The summed E-state index contributed by atoms with van der Waals surface area (Å²) in [5, 5.41) is 0. The molecule has 0 saturated carbocycles. The molecule has 0 bridgehead atoms. The Hall–Kier alpha value is -2.36. The maximum atomic E-state index is 12.7. The number of aryl methyl sites for hydroxylation is 1. The Labute approximate surface area is 203 Å². The summed E-state index contributed by atoms with van der Waals surface area (Å²) in [6.45, 7) is 4.50. The lowest BCUT2D eigenvalue weighted by Crippen LogP contribution is -2.30. The second-order valence-electron chi connectivity index (χ2n) is 9.20. The Morgan fingerprint density at radius 3 is 2.88 bits per heavy atom. The second-order valence-corrected chi connectivity index (χ2v) is 9.20. The summed E-state index contributed by atoms with van der Waals surface area (Å²) in [5.74, 6) is 7.59. The summed E-state index contributed by atoms with van der Waals surface area (Å²) in [6.07, 6.45) is 11.5. The molecule has 2 heterocycles. The van der Waals surface area contributed by atoms with E-state index in [1.807, 2.05) is 19.9 Å². The Balaban J connectivity index is 1.66. The molecule has 0 N–H and O–H groups in total. The Morgan fingerprint density at radius 1 is 1.29 bits per heavy atom. The number of methoxy groups -OCH3 is 1. The monoisotopic (exact) mass is 470 g/mol. The summed E-state index contributed by atoms with van der Waals surface area (Å²) < 4.78 is 23.0. The van der Waals surface area contributed by atoms with Gasteiger partial charge in [-0.1, -0.05) is 13.0 Å². The van der Waals surface area contributed by atoms with Gasteiger partial charge in [-0.25, -0.2) is 0 Å². The van der Waals surface area contributed by atoms with Crippen molar-refractivity contribution < 1.29 is 28.2 Å². The number of unbranched alkanes of at least 4 members (excludes halogenated alkanes) is 1. The van der Waals surface area contributed by atoms with E-state index in [0.29, 0.717) is 12.8 Å². The van der Waals surface area contributed by atoms with Crippen LogP contribution in [0.5, 0.6) is 0 Å². The van der Waals surface area contributed by atoms with E-state index in [1.165, 1.54) is 7.11 Å². The maximum absolute atomic E-state index is 12.7. The standard InChI is InChI=1S/C28H38O6/c1-4-5-6-11-20(2)24(29)16-15-22-23-18-21(12-7-8-13-27(30)31-3)33-26(23)19-25(22)34-28-14-9-10-17-32-28/h15-16,18,20,22,25,28H,6-14,17,19H2,1-3H3/t20?,22-,25-,28?/m1/s1. The minimum absolute atomic E-state index is 0.0420. The van der Waals surface area contributed by atoms with Gasteiger partial charge in [0.15, 0.2) is 12.1 Å². The van der Waals surface area contributed by atoms with E-state index in [0.717, 1.165) is 75.1 Å². The Morgan fingerprint density at radius 2 is 2.15 bits per heavy atom. The third kappa shape index (κ3) is 7.58. The molecular weight excluding hydrogens is 432 g/mol. The molecular formula is C28H38O6. The first-order valence-electron chi connectivity index (χ1n) is 12.6. The topological polar surface area (TPSA) is 75.0 Å². The fourth-order valence-electron chi connectivity index (χ4n) is 4.54. The highest BCUT2D eigenvalue weighted by atomic mass is 16.7.